The lowest BCUT2D eigenvalue weighted by molar-refractivity contribution is -0.131. The summed E-state index contributed by atoms with van der Waals surface area (Å²) in [4.78, 5) is 26.6. The Morgan fingerprint density at radius 2 is 2.00 bits per heavy atom. The van der Waals surface area contributed by atoms with Crippen molar-refractivity contribution in [3.05, 3.63) is 29.8 Å². The minimum atomic E-state index is 0.121. The molecule has 5 heteroatoms. The van der Waals surface area contributed by atoms with Crippen LogP contribution in [-0.2, 0) is 9.53 Å². The number of nitrogens with zero attached hydrogens (tertiary/aromatic N) is 2. The van der Waals surface area contributed by atoms with Gasteiger partial charge in [0, 0.05) is 37.5 Å². The highest BCUT2D eigenvalue weighted by atomic mass is 16.5. The molecule has 0 radical (unpaired) electrons. The predicted molar refractivity (Wildman–Crippen MR) is 77.1 cm³/mol. The van der Waals surface area contributed by atoms with Crippen LogP contribution in [0.1, 0.15) is 17.3 Å². The van der Waals surface area contributed by atoms with Crippen LogP contribution in [0.25, 0.3) is 0 Å². The van der Waals surface area contributed by atoms with E-state index in [0.29, 0.717) is 38.4 Å². The molecule has 1 amide bonds. The van der Waals surface area contributed by atoms with Crippen LogP contribution in [0.5, 0.6) is 0 Å². The van der Waals surface area contributed by atoms with Crippen LogP contribution in [0.2, 0.25) is 0 Å². The molecule has 0 N–H and O–H groups in total. The monoisotopic (exact) mass is 276 g/mol. The third kappa shape index (κ3) is 3.57. The molecule has 0 bridgehead atoms. The maximum absolute atomic E-state index is 12.1. The molecule has 108 valence electrons. The normalized spacial score (nSPS) is 15.6. The first-order valence-electron chi connectivity index (χ1n) is 6.90. The van der Waals surface area contributed by atoms with E-state index in [2.05, 4.69) is 0 Å². The smallest absolute Gasteiger partial charge is 0.242 e. The Balaban J connectivity index is 1.90. The van der Waals surface area contributed by atoms with Crippen LogP contribution in [0.15, 0.2) is 24.3 Å². The fourth-order valence-electron chi connectivity index (χ4n) is 2.25. The minimum Gasteiger partial charge on any atom is -0.380 e. The first kappa shape index (κ1) is 14.5. The topological polar surface area (TPSA) is 49.9 Å². The summed E-state index contributed by atoms with van der Waals surface area (Å²) in [5, 5.41) is 0. The molecule has 5 nitrogen and oxygen atoms in total. The van der Waals surface area contributed by atoms with E-state index in [0.717, 1.165) is 18.5 Å². The molecule has 1 aliphatic rings. The molecule has 1 aromatic rings. The van der Waals surface area contributed by atoms with Crippen LogP contribution < -0.4 is 4.90 Å². The minimum absolute atomic E-state index is 0.121. The Morgan fingerprint density at radius 3 is 2.60 bits per heavy atom. The van der Waals surface area contributed by atoms with Crippen molar-refractivity contribution in [2.75, 3.05) is 44.3 Å². The van der Waals surface area contributed by atoms with Gasteiger partial charge >= 0.3 is 0 Å². The second-order valence-electron chi connectivity index (χ2n) is 4.71. The maximum Gasteiger partial charge on any atom is 0.242 e. The summed E-state index contributed by atoms with van der Waals surface area (Å²) >= 11 is 0. The summed E-state index contributed by atoms with van der Waals surface area (Å²) in [6.45, 7) is 5.77. The molecule has 2 rings (SSSR count). The van der Waals surface area contributed by atoms with Gasteiger partial charge in [0.2, 0.25) is 5.91 Å². The number of anilines is 1. The second-order valence-corrected chi connectivity index (χ2v) is 4.71. The highest BCUT2D eigenvalue weighted by molar-refractivity contribution is 5.83. The van der Waals surface area contributed by atoms with Crippen molar-refractivity contribution < 1.29 is 14.3 Å². The maximum atomic E-state index is 12.1. The number of piperazine rings is 1. The van der Waals surface area contributed by atoms with Crippen molar-refractivity contribution in [1.29, 1.82) is 0 Å². The fraction of sp³-hybridized carbons (Fsp3) is 0.467. The standard InChI is InChI=1S/C15H20N2O3/c1-2-20-10-9-16-7-8-17(11-15(16)19)14-5-3-13(12-18)4-6-14/h3-6,12H,2,7-11H2,1H3. The van der Waals surface area contributed by atoms with Crippen molar-refractivity contribution in [3.8, 4) is 0 Å². The summed E-state index contributed by atoms with van der Waals surface area (Å²) in [6, 6.07) is 7.31. The van der Waals surface area contributed by atoms with E-state index in [9.17, 15) is 9.59 Å². The van der Waals surface area contributed by atoms with Gasteiger partial charge in [0.15, 0.2) is 0 Å². The zero-order chi connectivity index (χ0) is 14.4. The Hall–Kier alpha value is -1.88. The zero-order valence-corrected chi connectivity index (χ0v) is 11.7. The molecular weight excluding hydrogens is 256 g/mol. The van der Waals surface area contributed by atoms with Crippen LogP contribution in [0, 0.1) is 0 Å². The molecule has 0 spiro atoms. The third-order valence-corrected chi connectivity index (χ3v) is 3.42. The van der Waals surface area contributed by atoms with Gasteiger partial charge in [-0.1, -0.05) is 0 Å². The Kier molecular flexibility index (Phi) is 5.12. The van der Waals surface area contributed by atoms with Crippen molar-refractivity contribution in [2.45, 2.75) is 6.92 Å². The molecule has 0 unspecified atom stereocenters. The van der Waals surface area contributed by atoms with Gasteiger partial charge in [-0.25, -0.2) is 0 Å². The molecule has 0 aromatic heterocycles. The van der Waals surface area contributed by atoms with Crippen LogP contribution in [-0.4, -0.2) is 56.5 Å². The number of ether oxygens (including phenoxy) is 1. The van der Waals surface area contributed by atoms with Gasteiger partial charge < -0.3 is 14.5 Å². The van der Waals surface area contributed by atoms with Crippen molar-refractivity contribution in [2.24, 2.45) is 0 Å². The number of rotatable bonds is 6. The largest absolute Gasteiger partial charge is 0.380 e. The molecule has 1 aromatic carbocycles. The lowest BCUT2D eigenvalue weighted by Gasteiger charge is -2.35. The second kappa shape index (κ2) is 7.05. The van der Waals surface area contributed by atoms with E-state index in [1.54, 1.807) is 12.1 Å². The van der Waals surface area contributed by atoms with Crippen molar-refractivity contribution in [1.82, 2.24) is 4.90 Å². The summed E-state index contributed by atoms with van der Waals surface area (Å²) < 4.78 is 5.28. The van der Waals surface area contributed by atoms with E-state index in [1.165, 1.54) is 0 Å². The van der Waals surface area contributed by atoms with E-state index >= 15 is 0 Å². The highest BCUT2D eigenvalue weighted by Crippen LogP contribution is 2.17. The van der Waals surface area contributed by atoms with E-state index in [-0.39, 0.29) is 5.91 Å². The Morgan fingerprint density at radius 1 is 1.25 bits per heavy atom. The van der Waals surface area contributed by atoms with Gasteiger partial charge in [-0.05, 0) is 31.2 Å². The van der Waals surface area contributed by atoms with E-state index in [4.69, 9.17) is 4.74 Å². The average molecular weight is 276 g/mol. The van der Waals surface area contributed by atoms with Crippen molar-refractivity contribution in [3.63, 3.8) is 0 Å². The molecule has 1 aliphatic heterocycles. The summed E-state index contributed by atoms with van der Waals surface area (Å²) in [5.74, 6) is 0.121. The number of amides is 1. The molecule has 0 atom stereocenters. The number of carbonyl (C=O) groups excluding carboxylic acids is 2. The van der Waals surface area contributed by atoms with Gasteiger partial charge in [0.05, 0.1) is 13.2 Å². The lowest BCUT2D eigenvalue weighted by Crippen LogP contribution is -2.51. The number of hydrogen-bond donors (Lipinski definition) is 0. The molecule has 1 heterocycles. The third-order valence-electron chi connectivity index (χ3n) is 3.42. The van der Waals surface area contributed by atoms with Crippen LogP contribution in [0.3, 0.4) is 0 Å². The Bertz CT molecular complexity index is 459. The predicted octanol–water partition coefficient (Wildman–Crippen LogP) is 1.18. The summed E-state index contributed by atoms with van der Waals surface area (Å²) in [6.07, 6.45) is 0.820. The zero-order valence-electron chi connectivity index (χ0n) is 11.7. The first-order chi connectivity index (χ1) is 9.74. The summed E-state index contributed by atoms with van der Waals surface area (Å²) in [7, 11) is 0. The lowest BCUT2D eigenvalue weighted by atomic mass is 10.2. The molecule has 20 heavy (non-hydrogen) atoms. The molecule has 0 saturated carbocycles. The number of benzene rings is 1. The first-order valence-corrected chi connectivity index (χ1v) is 6.90. The number of hydrogen-bond acceptors (Lipinski definition) is 4. The highest BCUT2D eigenvalue weighted by Gasteiger charge is 2.23. The van der Waals surface area contributed by atoms with E-state index in [1.807, 2.05) is 28.9 Å². The molecular formula is C15H20N2O3. The van der Waals surface area contributed by atoms with Gasteiger partial charge in [0.1, 0.15) is 6.29 Å². The number of carbonyl (C=O) groups is 2. The van der Waals surface area contributed by atoms with Crippen LogP contribution in [0.4, 0.5) is 5.69 Å². The van der Waals surface area contributed by atoms with Crippen LogP contribution >= 0.6 is 0 Å². The van der Waals surface area contributed by atoms with Gasteiger partial charge in [-0.15, -0.1) is 0 Å². The summed E-state index contributed by atoms with van der Waals surface area (Å²) in [5.41, 5.74) is 1.63. The molecule has 1 fully saturated rings. The van der Waals surface area contributed by atoms with Gasteiger partial charge in [0.25, 0.3) is 0 Å². The quantitative estimate of drug-likeness (QED) is 0.578. The number of aldehydes is 1. The molecule has 0 aliphatic carbocycles. The fourth-order valence-corrected chi connectivity index (χ4v) is 2.25. The SMILES string of the molecule is CCOCCN1CCN(c2ccc(C=O)cc2)CC1=O. The average Bonchev–Trinajstić information content (AvgIpc) is 2.49. The van der Waals surface area contributed by atoms with Gasteiger partial charge in [-0.3, -0.25) is 9.59 Å². The molecule has 1 saturated heterocycles. The van der Waals surface area contributed by atoms with Gasteiger partial charge in [-0.2, -0.15) is 0 Å². The van der Waals surface area contributed by atoms with Crippen molar-refractivity contribution >= 4 is 17.9 Å². The Labute approximate surface area is 119 Å². The van der Waals surface area contributed by atoms with E-state index < -0.39 is 0 Å².